The van der Waals surface area contributed by atoms with Gasteiger partial charge in [0.15, 0.2) is 0 Å². The molecule has 0 aliphatic carbocycles. The highest BCUT2D eigenvalue weighted by molar-refractivity contribution is 6.44. The highest BCUT2D eigenvalue weighted by atomic mass is 35.5. The molecule has 1 aliphatic rings. The van der Waals surface area contributed by atoms with E-state index < -0.39 is 11.9 Å². The second-order valence-electron chi connectivity index (χ2n) is 6.22. The monoisotopic (exact) mass is 418 g/mol. The van der Waals surface area contributed by atoms with Gasteiger partial charge in [-0.15, -0.1) is 0 Å². The number of hydrogen-bond acceptors (Lipinski definition) is 3. The van der Waals surface area contributed by atoms with Gasteiger partial charge in [0, 0.05) is 5.56 Å². The fourth-order valence-electron chi connectivity index (χ4n) is 3.03. The Labute approximate surface area is 169 Å². The molecule has 0 unspecified atom stereocenters. The number of halogens is 3. The Morgan fingerprint density at radius 2 is 1.96 bits per heavy atom. The predicted octanol–water partition coefficient (Wildman–Crippen LogP) is 4.52. The van der Waals surface area contributed by atoms with Crippen molar-refractivity contribution < 1.29 is 14.0 Å². The van der Waals surface area contributed by atoms with Crippen molar-refractivity contribution in [1.82, 2.24) is 9.78 Å². The molecule has 3 aromatic rings. The standard InChI is InChI=1S/C19H13Cl2FN4O2/c20-13-2-1-3-14(17(13)21)24-19(28)15-8-16(27)25-18-12(9-23-26(15)18)10-4-6-11(22)7-5-10/h1-7,9,15H,8H2,(H,24,28)(H,25,27)/t15-/m0/s1. The third kappa shape index (κ3) is 3.34. The molecule has 142 valence electrons. The summed E-state index contributed by atoms with van der Waals surface area (Å²) in [6.45, 7) is 0. The summed E-state index contributed by atoms with van der Waals surface area (Å²) < 4.78 is 14.6. The van der Waals surface area contributed by atoms with Crippen molar-refractivity contribution in [1.29, 1.82) is 0 Å². The van der Waals surface area contributed by atoms with E-state index in [2.05, 4.69) is 15.7 Å². The van der Waals surface area contributed by atoms with E-state index in [9.17, 15) is 14.0 Å². The van der Waals surface area contributed by atoms with Gasteiger partial charge in [0.1, 0.15) is 17.7 Å². The average Bonchev–Trinajstić information content (AvgIpc) is 3.09. The smallest absolute Gasteiger partial charge is 0.249 e. The lowest BCUT2D eigenvalue weighted by atomic mass is 10.1. The first-order valence-corrected chi connectivity index (χ1v) is 9.08. The van der Waals surface area contributed by atoms with Crippen LogP contribution in [0.1, 0.15) is 12.5 Å². The molecule has 0 bridgehead atoms. The number of nitrogens with zero attached hydrogens (tertiary/aromatic N) is 2. The van der Waals surface area contributed by atoms with Gasteiger partial charge >= 0.3 is 0 Å². The molecule has 0 saturated carbocycles. The lowest BCUT2D eigenvalue weighted by molar-refractivity contribution is -0.125. The fourth-order valence-corrected chi connectivity index (χ4v) is 3.38. The molecule has 28 heavy (non-hydrogen) atoms. The molecule has 1 aromatic heterocycles. The van der Waals surface area contributed by atoms with E-state index in [1.54, 1.807) is 30.3 Å². The second-order valence-corrected chi connectivity index (χ2v) is 7.00. The van der Waals surface area contributed by atoms with E-state index in [0.29, 0.717) is 27.7 Å². The number of fused-ring (bicyclic) bond motifs is 1. The Kier molecular flexibility index (Phi) is 4.78. The number of nitrogens with one attached hydrogen (secondary N) is 2. The zero-order valence-corrected chi connectivity index (χ0v) is 15.8. The summed E-state index contributed by atoms with van der Waals surface area (Å²) in [5, 5.41) is 10.2. The zero-order valence-electron chi connectivity index (χ0n) is 14.2. The van der Waals surface area contributed by atoms with Crippen molar-refractivity contribution >= 4 is 46.5 Å². The first kappa shape index (κ1) is 18.5. The Bertz CT molecular complexity index is 1080. The van der Waals surface area contributed by atoms with Crippen molar-refractivity contribution in [2.75, 3.05) is 10.6 Å². The van der Waals surface area contributed by atoms with Gasteiger partial charge in [-0.05, 0) is 29.8 Å². The van der Waals surface area contributed by atoms with E-state index in [-0.39, 0.29) is 23.2 Å². The number of carbonyl (C=O) groups excluding carboxylic acids is 2. The zero-order chi connectivity index (χ0) is 19.8. The first-order chi connectivity index (χ1) is 13.4. The van der Waals surface area contributed by atoms with Gasteiger partial charge in [0.05, 0.1) is 28.4 Å². The Morgan fingerprint density at radius 1 is 1.21 bits per heavy atom. The second kappa shape index (κ2) is 7.26. The maximum Gasteiger partial charge on any atom is 0.249 e. The van der Waals surface area contributed by atoms with Crippen molar-refractivity contribution in [3.8, 4) is 11.1 Å². The number of hydrogen-bond donors (Lipinski definition) is 2. The number of rotatable bonds is 3. The van der Waals surface area contributed by atoms with Crippen LogP contribution in [0.15, 0.2) is 48.7 Å². The van der Waals surface area contributed by atoms with Gasteiger partial charge in [-0.1, -0.05) is 41.4 Å². The third-order valence-corrected chi connectivity index (χ3v) is 5.21. The van der Waals surface area contributed by atoms with Gasteiger partial charge in [0.25, 0.3) is 0 Å². The lowest BCUT2D eigenvalue weighted by Crippen LogP contribution is -2.35. The van der Waals surface area contributed by atoms with Gasteiger partial charge in [-0.25, -0.2) is 9.07 Å². The molecule has 9 heteroatoms. The minimum atomic E-state index is -0.868. The summed E-state index contributed by atoms with van der Waals surface area (Å²) in [7, 11) is 0. The Hall–Kier alpha value is -2.90. The number of amides is 2. The molecule has 2 heterocycles. The summed E-state index contributed by atoms with van der Waals surface area (Å²) in [6, 6.07) is 9.79. The van der Waals surface area contributed by atoms with Crippen LogP contribution in [0.25, 0.3) is 11.1 Å². The largest absolute Gasteiger partial charge is 0.323 e. The van der Waals surface area contributed by atoms with E-state index in [4.69, 9.17) is 23.2 Å². The van der Waals surface area contributed by atoms with Crippen LogP contribution in [-0.2, 0) is 9.59 Å². The van der Waals surface area contributed by atoms with E-state index >= 15 is 0 Å². The van der Waals surface area contributed by atoms with E-state index in [0.717, 1.165) is 0 Å². The predicted molar refractivity (Wildman–Crippen MR) is 105 cm³/mol. The summed E-state index contributed by atoms with van der Waals surface area (Å²) in [5.74, 6) is -0.771. The third-order valence-electron chi connectivity index (χ3n) is 4.39. The fraction of sp³-hybridized carbons (Fsp3) is 0.105. The molecule has 1 aliphatic heterocycles. The van der Waals surface area contributed by atoms with Crippen LogP contribution in [0.2, 0.25) is 10.0 Å². The maximum atomic E-state index is 13.2. The maximum absolute atomic E-state index is 13.2. The van der Waals surface area contributed by atoms with Gasteiger partial charge in [-0.2, -0.15) is 5.10 Å². The highest BCUT2D eigenvalue weighted by Gasteiger charge is 2.33. The van der Waals surface area contributed by atoms with Crippen molar-refractivity contribution in [3.63, 3.8) is 0 Å². The van der Waals surface area contributed by atoms with Crippen LogP contribution in [0.4, 0.5) is 15.9 Å². The Balaban J connectivity index is 1.67. The first-order valence-electron chi connectivity index (χ1n) is 8.32. The minimum Gasteiger partial charge on any atom is -0.323 e. The molecule has 2 N–H and O–H groups in total. The van der Waals surface area contributed by atoms with Gasteiger partial charge in [0.2, 0.25) is 11.8 Å². The highest BCUT2D eigenvalue weighted by Crippen LogP contribution is 2.35. The summed E-state index contributed by atoms with van der Waals surface area (Å²) in [4.78, 5) is 25.0. The topological polar surface area (TPSA) is 76.0 Å². The van der Waals surface area contributed by atoms with Crippen LogP contribution >= 0.6 is 23.2 Å². The average molecular weight is 419 g/mol. The normalized spacial score (nSPS) is 15.7. The van der Waals surface area contributed by atoms with Crippen LogP contribution < -0.4 is 10.6 Å². The summed E-state index contributed by atoms with van der Waals surface area (Å²) in [6.07, 6.45) is 1.45. The lowest BCUT2D eigenvalue weighted by Gasteiger charge is -2.24. The molecule has 2 amide bonds. The van der Waals surface area contributed by atoms with Gasteiger partial charge in [-0.3, -0.25) is 9.59 Å². The molecule has 0 saturated heterocycles. The number of carbonyl (C=O) groups is 2. The van der Waals surface area contributed by atoms with E-state index in [1.807, 2.05) is 0 Å². The molecular formula is C19H13Cl2FN4O2. The van der Waals surface area contributed by atoms with Crippen molar-refractivity contribution in [3.05, 3.63) is 64.5 Å². The SMILES string of the molecule is O=C1C[C@@H](C(=O)Nc2cccc(Cl)c2Cl)n2ncc(-c3ccc(F)cc3)c2N1. The molecule has 0 spiro atoms. The van der Waals surface area contributed by atoms with Crippen LogP contribution in [0.5, 0.6) is 0 Å². The quantitative estimate of drug-likeness (QED) is 0.656. The molecule has 0 radical (unpaired) electrons. The summed E-state index contributed by atoms with van der Waals surface area (Å²) >= 11 is 12.1. The van der Waals surface area contributed by atoms with Crippen LogP contribution in [0, 0.1) is 5.82 Å². The molecule has 4 rings (SSSR count). The molecule has 1 atom stereocenters. The number of aromatic nitrogens is 2. The van der Waals surface area contributed by atoms with Crippen LogP contribution in [0.3, 0.4) is 0 Å². The Morgan fingerprint density at radius 3 is 2.71 bits per heavy atom. The minimum absolute atomic E-state index is 0.0818. The van der Waals surface area contributed by atoms with Gasteiger partial charge < -0.3 is 10.6 Å². The molecule has 0 fully saturated rings. The number of benzene rings is 2. The van der Waals surface area contributed by atoms with Crippen LogP contribution in [-0.4, -0.2) is 21.6 Å². The van der Waals surface area contributed by atoms with E-state index in [1.165, 1.54) is 23.0 Å². The molecule has 2 aromatic carbocycles. The number of anilines is 2. The molecule has 6 nitrogen and oxygen atoms in total. The summed E-state index contributed by atoms with van der Waals surface area (Å²) in [5.41, 5.74) is 1.60. The van der Waals surface area contributed by atoms with Crippen molar-refractivity contribution in [2.24, 2.45) is 0 Å². The molecular weight excluding hydrogens is 406 g/mol. The van der Waals surface area contributed by atoms with Crippen molar-refractivity contribution in [2.45, 2.75) is 12.5 Å².